The van der Waals surface area contributed by atoms with Crippen LogP contribution in [0, 0.1) is 5.92 Å². The van der Waals surface area contributed by atoms with E-state index in [1.54, 1.807) is 0 Å². The van der Waals surface area contributed by atoms with Crippen molar-refractivity contribution in [2.24, 2.45) is 5.92 Å². The first-order valence-electron chi connectivity index (χ1n) is 8.88. The molecule has 29 heavy (non-hydrogen) atoms. The Bertz CT molecular complexity index is 1080. The minimum Gasteiger partial charge on any atom is -0.504 e. The molecule has 0 spiro atoms. The molecule has 0 aliphatic heterocycles. The number of nitrogens with zero attached hydrogens (tertiary/aromatic N) is 1. The second-order valence-electron chi connectivity index (χ2n) is 6.81. The van der Waals surface area contributed by atoms with Gasteiger partial charge in [0.15, 0.2) is 5.75 Å². The molecule has 1 atom stereocenters. The fourth-order valence-corrected chi connectivity index (χ4v) is 4.40. The smallest absolute Gasteiger partial charge is 0.269 e. The highest BCUT2D eigenvalue weighted by Gasteiger charge is 2.31. The molecule has 2 rings (SSSR count). The summed E-state index contributed by atoms with van der Waals surface area (Å²) in [4.78, 5) is 28.2. The molecule has 0 aromatic heterocycles. The molecule has 0 aliphatic rings. The predicted octanol–water partition coefficient (Wildman–Crippen LogP) is 2.41. The molecule has 0 saturated carbocycles. The van der Waals surface area contributed by atoms with Crippen LogP contribution < -0.4 is 21.5 Å². The van der Waals surface area contributed by atoms with Gasteiger partial charge in [-0.3, -0.25) is 14.4 Å². The van der Waals surface area contributed by atoms with Gasteiger partial charge in [0.05, 0.1) is 17.8 Å². The quantitative estimate of drug-likeness (QED) is 0.305. The van der Waals surface area contributed by atoms with E-state index in [0.717, 1.165) is 20.6 Å². The van der Waals surface area contributed by atoms with Crippen LogP contribution in [0.1, 0.15) is 27.2 Å². The Morgan fingerprint density at radius 1 is 1.21 bits per heavy atom. The van der Waals surface area contributed by atoms with E-state index in [1.165, 1.54) is 12.1 Å². The highest BCUT2D eigenvalue weighted by atomic mass is 35.5. The highest BCUT2D eigenvalue weighted by Crippen LogP contribution is 2.39. The third kappa shape index (κ3) is 4.25. The third-order valence-corrected chi connectivity index (χ3v) is 6.86. The maximum absolute atomic E-state index is 12.5. The number of hydrogen-bond acceptors (Lipinski definition) is 8. The number of nitrogens with one attached hydrogen (secondary N) is 2. The SMILES string of the molecule is CC[C@H](Nc1c(Nc2ccc(Cl)c(S(=O)(=O)N(C)OC)c2O)c(=O)c1=O)C(C)C. The normalized spacial score (nSPS) is 13.2. The number of hydrogen-bond donors (Lipinski definition) is 3. The molecule has 0 unspecified atom stereocenters. The summed E-state index contributed by atoms with van der Waals surface area (Å²) in [5, 5.41) is 16.0. The topological polar surface area (TPSA) is 125 Å². The molecule has 0 saturated heterocycles. The van der Waals surface area contributed by atoms with Crippen LogP contribution >= 0.6 is 11.6 Å². The summed E-state index contributed by atoms with van der Waals surface area (Å²) in [5.41, 5.74) is -1.48. The number of aromatic hydroxyl groups is 1. The molecule has 0 heterocycles. The monoisotopic (exact) mass is 445 g/mol. The van der Waals surface area contributed by atoms with E-state index >= 15 is 0 Å². The Kier molecular flexibility index (Phi) is 6.94. The average molecular weight is 446 g/mol. The minimum atomic E-state index is -4.26. The zero-order valence-corrected chi connectivity index (χ0v) is 18.3. The lowest BCUT2D eigenvalue weighted by Crippen LogP contribution is -2.40. The van der Waals surface area contributed by atoms with Gasteiger partial charge < -0.3 is 15.7 Å². The van der Waals surface area contributed by atoms with Gasteiger partial charge in [0.25, 0.3) is 20.9 Å². The molecule has 160 valence electrons. The van der Waals surface area contributed by atoms with E-state index in [1.807, 2.05) is 20.8 Å². The number of halogens is 1. The number of phenolic OH excluding ortho intramolecular Hbond substituents is 1. The van der Waals surface area contributed by atoms with Gasteiger partial charge in [0, 0.05) is 13.1 Å². The lowest BCUT2D eigenvalue weighted by Gasteiger charge is -2.24. The Morgan fingerprint density at radius 3 is 2.31 bits per heavy atom. The van der Waals surface area contributed by atoms with Crippen molar-refractivity contribution >= 4 is 38.7 Å². The van der Waals surface area contributed by atoms with Crippen molar-refractivity contribution in [2.45, 2.75) is 38.1 Å². The van der Waals surface area contributed by atoms with Crippen LogP contribution in [0.3, 0.4) is 0 Å². The lowest BCUT2D eigenvalue weighted by atomic mass is 10.0. The number of anilines is 3. The molecule has 11 heteroatoms. The van der Waals surface area contributed by atoms with E-state index in [0.29, 0.717) is 4.47 Å². The zero-order valence-electron chi connectivity index (χ0n) is 16.7. The minimum absolute atomic E-state index is 0.0380. The van der Waals surface area contributed by atoms with Crippen LogP contribution in [0.25, 0.3) is 0 Å². The first-order chi connectivity index (χ1) is 13.5. The molecule has 0 aliphatic carbocycles. The molecule has 3 N–H and O–H groups in total. The Labute approximate surface area is 173 Å². The maximum atomic E-state index is 12.5. The van der Waals surface area contributed by atoms with Crippen LogP contribution in [-0.2, 0) is 14.9 Å². The van der Waals surface area contributed by atoms with E-state index in [4.69, 9.17) is 16.4 Å². The molecule has 0 fully saturated rings. The second kappa shape index (κ2) is 8.70. The molecule has 0 bridgehead atoms. The number of hydroxylamine groups is 1. The Balaban J connectivity index is 2.48. The van der Waals surface area contributed by atoms with Crippen molar-refractivity contribution in [2.75, 3.05) is 24.8 Å². The first-order valence-corrected chi connectivity index (χ1v) is 10.7. The summed E-state index contributed by atoms with van der Waals surface area (Å²) in [6.07, 6.45) is 0.730. The van der Waals surface area contributed by atoms with Crippen LogP contribution in [0.2, 0.25) is 5.02 Å². The van der Waals surface area contributed by atoms with Gasteiger partial charge in [0.2, 0.25) is 0 Å². The first kappa shape index (κ1) is 23.1. The largest absolute Gasteiger partial charge is 0.504 e. The van der Waals surface area contributed by atoms with E-state index in [-0.39, 0.29) is 34.0 Å². The van der Waals surface area contributed by atoms with Gasteiger partial charge in [-0.15, -0.1) is 0 Å². The van der Waals surface area contributed by atoms with E-state index in [2.05, 4.69) is 10.6 Å². The Hall–Kier alpha value is -2.14. The predicted molar refractivity (Wildman–Crippen MR) is 112 cm³/mol. The van der Waals surface area contributed by atoms with Crippen molar-refractivity contribution in [1.82, 2.24) is 4.47 Å². The molecular formula is C18H24ClN3O6S. The lowest BCUT2D eigenvalue weighted by molar-refractivity contribution is -0.0259. The van der Waals surface area contributed by atoms with Gasteiger partial charge in [-0.1, -0.05) is 36.8 Å². The average Bonchev–Trinajstić information content (AvgIpc) is 2.67. The van der Waals surface area contributed by atoms with Crippen molar-refractivity contribution in [3.63, 3.8) is 0 Å². The van der Waals surface area contributed by atoms with Gasteiger partial charge in [-0.05, 0) is 24.5 Å². The number of benzene rings is 1. The molecular weight excluding hydrogens is 422 g/mol. The van der Waals surface area contributed by atoms with Crippen LogP contribution in [0.5, 0.6) is 5.75 Å². The fourth-order valence-electron chi connectivity index (χ4n) is 2.83. The number of phenols is 1. The Morgan fingerprint density at radius 2 is 1.79 bits per heavy atom. The zero-order chi connectivity index (χ0) is 22.1. The highest BCUT2D eigenvalue weighted by molar-refractivity contribution is 7.89. The summed E-state index contributed by atoms with van der Waals surface area (Å²) in [6, 6.07) is 2.52. The van der Waals surface area contributed by atoms with Crippen molar-refractivity contribution < 1.29 is 18.4 Å². The van der Waals surface area contributed by atoms with E-state index in [9.17, 15) is 23.1 Å². The van der Waals surface area contributed by atoms with Crippen LogP contribution in [0.15, 0.2) is 26.6 Å². The van der Waals surface area contributed by atoms with Crippen molar-refractivity contribution in [3.05, 3.63) is 37.6 Å². The summed E-state index contributed by atoms with van der Waals surface area (Å²) in [5.74, 6) is -0.487. The molecule has 0 amide bonds. The van der Waals surface area contributed by atoms with Gasteiger partial charge >= 0.3 is 0 Å². The van der Waals surface area contributed by atoms with Crippen molar-refractivity contribution in [3.8, 4) is 5.75 Å². The number of sulfonamides is 1. The van der Waals surface area contributed by atoms with Crippen LogP contribution in [-0.4, -0.2) is 38.2 Å². The van der Waals surface area contributed by atoms with Gasteiger partial charge in [-0.25, -0.2) is 8.42 Å². The third-order valence-electron chi connectivity index (χ3n) is 4.68. The maximum Gasteiger partial charge on any atom is 0.269 e. The second-order valence-corrected chi connectivity index (χ2v) is 9.09. The van der Waals surface area contributed by atoms with Crippen molar-refractivity contribution in [1.29, 1.82) is 0 Å². The molecule has 0 radical (unpaired) electrons. The summed E-state index contributed by atoms with van der Waals surface area (Å²) < 4.78 is 25.6. The van der Waals surface area contributed by atoms with E-state index < -0.39 is 31.5 Å². The van der Waals surface area contributed by atoms with Crippen LogP contribution in [0.4, 0.5) is 17.1 Å². The van der Waals surface area contributed by atoms with Gasteiger partial charge in [0.1, 0.15) is 16.3 Å². The van der Waals surface area contributed by atoms with Gasteiger partial charge in [-0.2, -0.15) is 0 Å². The fraction of sp³-hybridized carbons (Fsp3) is 0.444. The molecule has 2 aromatic carbocycles. The summed E-state index contributed by atoms with van der Waals surface area (Å²) >= 11 is 5.98. The standard InChI is InChI=1S/C18H24ClN3O6S/c1-6-11(9(2)3)20-13-14(17(25)16(13)24)21-12-8-7-10(19)18(15(12)23)29(26,27)22(4)28-5/h7-9,11,20-21,23H,6H2,1-5H3/t11-/m0/s1. The number of rotatable bonds is 9. The molecule has 2 aromatic rings. The summed E-state index contributed by atoms with van der Waals surface area (Å²) in [6.45, 7) is 5.91. The summed E-state index contributed by atoms with van der Waals surface area (Å²) in [7, 11) is -1.98. The molecule has 9 nitrogen and oxygen atoms in total.